The molecular weight excluding hydrogens is 346 g/mol. The van der Waals surface area contributed by atoms with Gasteiger partial charge >= 0.3 is 5.97 Å². The zero-order valence-corrected chi connectivity index (χ0v) is 14.9. The second-order valence-corrected chi connectivity index (χ2v) is 5.89. The van der Waals surface area contributed by atoms with Gasteiger partial charge in [0.1, 0.15) is 17.3 Å². The largest absolute Gasteiger partial charge is 0.497 e. The smallest absolute Gasteiger partial charge is 0.336 e. The van der Waals surface area contributed by atoms with Crippen LogP contribution in [-0.4, -0.2) is 28.9 Å². The quantitative estimate of drug-likeness (QED) is 0.545. The minimum Gasteiger partial charge on any atom is -0.497 e. The van der Waals surface area contributed by atoms with Crippen molar-refractivity contribution in [2.45, 2.75) is 13.5 Å². The molecule has 0 fully saturated rings. The lowest BCUT2D eigenvalue weighted by molar-refractivity contribution is 0.0696. The summed E-state index contributed by atoms with van der Waals surface area (Å²) >= 11 is 0. The first kappa shape index (κ1) is 18.2. The van der Waals surface area contributed by atoms with Crippen molar-refractivity contribution in [3.05, 3.63) is 65.4 Å². The Hall–Kier alpha value is -3.61. The number of hydrogen-bond donors (Lipinski definition) is 3. The van der Waals surface area contributed by atoms with Crippen molar-refractivity contribution in [2.75, 3.05) is 12.4 Å². The molecule has 0 aliphatic rings. The van der Waals surface area contributed by atoms with Gasteiger partial charge in [0, 0.05) is 12.3 Å². The minimum atomic E-state index is -1.13. The number of furan rings is 1. The summed E-state index contributed by atoms with van der Waals surface area (Å²) < 4.78 is 10.5. The zero-order valence-electron chi connectivity index (χ0n) is 14.9. The number of ether oxygens (including phenoxy) is 1. The lowest BCUT2D eigenvalue weighted by Crippen LogP contribution is -2.14. The molecule has 0 saturated heterocycles. The molecule has 0 aliphatic heterocycles. The second kappa shape index (κ2) is 7.74. The van der Waals surface area contributed by atoms with E-state index in [1.54, 1.807) is 19.2 Å². The van der Waals surface area contributed by atoms with E-state index in [2.05, 4.69) is 10.3 Å². The number of aromatic nitrogens is 1. The van der Waals surface area contributed by atoms with Crippen LogP contribution in [0.3, 0.4) is 0 Å². The summed E-state index contributed by atoms with van der Waals surface area (Å²) in [5, 5.41) is 20.8. The Morgan fingerprint density at radius 3 is 2.59 bits per heavy atom. The summed E-state index contributed by atoms with van der Waals surface area (Å²) in [6.07, 6.45) is 1.50. The van der Waals surface area contributed by atoms with Gasteiger partial charge in [-0.25, -0.2) is 9.78 Å². The summed E-state index contributed by atoms with van der Waals surface area (Å²) in [7, 11) is 1.60. The maximum Gasteiger partial charge on any atom is 0.336 e. The number of carboxylic acids is 1. The van der Waals surface area contributed by atoms with Gasteiger partial charge in [0.2, 0.25) is 0 Å². The molecule has 0 aliphatic carbocycles. The molecule has 0 amide bonds. The number of rotatable bonds is 7. The third kappa shape index (κ3) is 3.98. The fourth-order valence-electron chi connectivity index (χ4n) is 2.70. The lowest BCUT2D eigenvalue weighted by Gasteiger charge is -2.15. The van der Waals surface area contributed by atoms with Gasteiger partial charge < -0.3 is 25.0 Å². The number of carbonyl (C=O) groups is 1. The van der Waals surface area contributed by atoms with Gasteiger partial charge in [0.05, 0.1) is 24.5 Å². The first-order valence-corrected chi connectivity index (χ1v) is 8.24. The van der Waals surface area contributed by atoms with E-state index in [0.29, 0.717) is 23.8 Å². The fourth-order valence-corrected chi connectivity index (χ4v) is 2.70. The fraction of sp³-hybridized carbons (Fsp3) is 0.150. The van der Waals surface area contributed by atoms with E-state index in [0.717, 1.165) is 11.3 Å². The molecule has 1 aromatic carbocycles. The molecule has 0 spiro atoms. The van der Waals surface area contributed by atoms with Crippen LogP contribution in [-0.2, 0) is 6.54 Å². The Morgan fingerprint density at radius 1 is 1.30 bits per heavy atom. The van der Waals surface area contributed by atoms with Gasteiger partial charge in [-0.1, -0.05) is 12.1 Å². The van der Waals surface area contributed by atoms with Gasteiger partial charge in [0.25, 0.3) is 0 Å². The average molecular weight is 365 g/mol. The lowest BCUT2D eigenvalue weighted by atomic mass is 10.0. The molecule has 0 saturated carbocycles. The Kier molecular flexibility index (Phi) is 5.21. The number of benzene rings is 1. The van der Waals surface area contributed by atoms with Gasteiger partial charge in [0.15, 0.2) is 5.76 Å². The molecule has 0 radical (unpaired) electrons. The number of anilines is 1. The van der Waals surface area contributed by atoms with Crippen molar-refractivity contribution in [2.24, 2.45) is 0 Å². The van der Waals surface area contributed by atoms with Crippen LogP contribution in [0, 0.1) is 5.41 Å². The standard InChI is InChI=1S/C20H19N3O4/c1-12(21)18-15(20(24)25)10-16(17-4-3-9-27-17)23-19(18)22-11-13-5-7-14(26-2)8-6-13/h3-10,21H,11H2,1-2H3,(H,22,23)(H,24,25). The first-order chi connectivity index (χ1) is 13.0. The summed E-state index contributed by atoms with van der Waals surface area (Å²) in [4.78, 5) is 16.2. The molecule has 3 N–H and O–H groups in total. The van der Waals surface area contributed by atoms with E-state index in [4.69, 9.17) is 14.6 Å². The SMILES string of the molecule is COc1ccc(CNc2nc(-c3ccco3)cc(C(=O)O)c2C(C)=N)cc1. The van der Waals surface area contributed by atoms with E-state index in [-0.39, 0.29) is 16.8 Å². The Balaban J connectivity index is 2.00. The molecule has 2 heterocycles. The highest BCUT2D eigenvalue weighted by molar-refractivity contribution is 6.09. The normalized spacial score (nSPS) is 10.4. The highest BCUT2D eigenvalue weighted by atomic mass is 16.5. The van der Waals surface area contributed by atoms with Gasteiger partial charge in [-0.2, -0.15) is 0 Å². The summed E-state index contributed by atoms with van der Waals surface area (Å²) in [6, 6.07) is 12.3. The van der Waals surface area contributed by atoms with Crippen molar-refractivity contribution < 1.29 is 19.1 Å². The predicted molar refractivity (Wildman–Crippen MR) is 102 cm³/mol. The molecular formula is C20H19N3O4. The van der Waals surface area contributed by atoms with Crippen molar-refractivity contribution in [3.8, 4) is 17.2 Å². The van der Waals surface area contributed by atoms with Gasteiger partial charge in [-0.05, 0) is 42.8 Å². The zero-order chi connectivity index (χ0) is 19.4. The van der Waals surface area contributed by atoms with Crippen LogP contribution < -0.4 is 10.1 Å². The minimum absolute atomic E-state index is 0.00105. The molecule has 0 bridgehead atoms. The number of hydrogen-bond acceptors (Lipinski definition) is 6. The van der Waals surface area contributed by atoms with Crippen molar-refractivity contribution in [1.29, 1.82) is 5.41 Å². The molecule has 27 heavy (non-hydrogen) atoms. The monoisotopic (exact) mass is 365 g/mol. The van der Waals surface area contributed by atoms with Crippen LogP contribution in [0.15, 0.2) is 53.1 Å². The number of methoxy groups -OCH3 is 1. The van der Waals surface area contributed by atoms with E-state index in [1.165, 1.54) is 19.3 Å². The van der Waals surface area contributed by atoms with Gasteiger partial charge in [-0.15, -0.1) is 0 Å². The average Bonchev–Trinajstić information content (AvgIpc) is 3.20. The third-order valence-corrected chi connectivity index (χ3v) is 4.02. The molecule has 138 valence electrons. The third-order valence-electron chi connectivity index (χ3n) is 4.02. The van der Waals surface area contributed by atoms with E-state index >= 15 is 0 Å². The molecule has 0 atom stereocenters. The number of aromatic carboxylic acids is 1. The summed E-state index contributed by atoms with van der Waals surface area (Å²) in [5.41, 5.74) is 1.72. The number of nitrogens with zero attached hydrogens (tertiary/aromatic N) is 1. The van der Waals surface area contributed by atoms with E-state index in [1.807, 2.05) is 24.3 Å². The summed E-state index contributed by atoms with van der Waals surface area (Å²) in [6.45, 7) is 1.95. The highest BCUT2D eigenvalue weighted by Gasteiger charge is 2.20. The van der Waals surface area contributed by atoms with Crippen LogP contribution in [0.4, 0.5) is 5.82 Å². The Labute approximate surface area is 156 Å². The summed E-state index contributed by atoms with van der Waals surface area (Å²) in [5.74, 6) is 0.406. The van der Waals surface area contributed by atoms with Crippen LogP contribution in [0.2, 0.25) is 0 Å². The maximum atomic E-state index is 11.7. The molecule has 3 aromatic rings. The van der Waals surface area contributed by atoms with Crippen LogP contribution in [0.25, 0.3) is 11.5 Å². The van der Waals surface area contributed by atoms with Gasteiger partial charge in [-0.3, -0.25) is 0 Å². The second-order valence-electron chi connectivity index (χ2n) is 5.89. The van der Waals surface area contributed by atoms with Crippen molar-refractivity contribution >= 4 is 17.5 Å². The van der Waals surface area contributed by atoms with Crippen molar-refractivity contribution in [1.82, 2.24) is 4.98 Å². The first-order valence-electron chi connectivity index (χ1n) is 8.24. The molecule has 0 unspecified atom stereocenters. The van der Waals surface area contributed by atoms with Crippen LogP contribution in [0.1, 0.15) is 28.4 Å². The highest BCUT2D eigenvalue weighted by Crippen LogP contribution is 2.27. The Morgan fingerprint density at radius 2 is 2.04 bits per heavy atom. The maximum absolute atomic E-state index is 11.7. The van der Waals surface area contributed by atoms with E-state index in [9.17, 15) is 9.90 Å². The number of carboxylic acid groups (broad SMARTS) is 1. The van der Waals surface area contributed by atoms with Crippen LogP contribution in [0.5, 0.6) is 5.75 Å². The molecule has 7 heteroatoms. The van der Waals surface area contributed by atoms with Crippen LogP contribution >= 0.6 is 0 Å². The number of pyridine rings is 1. The molecule has 2 aromatic heterocycles. The topological polar surface area (TPSA) is 108 Å². The molecule has 3 rings (SSSR count). The van der Waals surface area contributed by atoms with Crippen molar-refractivity contribution in [3.63, 3.8) is 0 Å². The molecule has 7 nitrogen and oxygen atoms in total. The number of nitrogens with one attached hydrogen (secondary N) is 2. The predicted octanol–water partition coefficient (Wildman–Crippen LogP) is 4.05. The van der Waals surface area contributed by atoms with E-state index < -0.39 is 5.97 Å². The Bertz CT molecular complexity index is 964.